The van der Waals surface area contributed by atoms with E-state index in [0.29, 0.717) is 24.8 Å². The molecule has 65 heavy (non-hydrogen) atoms. The fraction of sp³-hybridized carbons (Fsp3) is 0.628. The van der Waals surface area contributed by atoms with E-state index in [2.05, 4.69) is 31.9 Å². The Hall–Kier alpha value is -6.16. The summed E-state index contributed by atoms with van der Waals surface area (Å²) >= 11 is 0. The third-order valence-electron chi connectivity index (χ3n) is 10.5. The van der Waals surface area contributed by atoms with Crippen LogP contribution >= 0.6 is 0 Å². The van der Waals surface area contributed by atoms with Crippen molar-refractivity contribution >= 4 is 59.3 Å². The Balaban J connectivity index is 2.22. The van der Waals surface area contributed by atoms with Crippen LogP contribution in [-0.2, 0) is 54.4 Å². The number of amides is 7. The number of nitrogens with zero attached hydrogens (tertiary/aromatic N) is 1. The molecule has 0 unspecified atom stereocenters. The Morgan fingerprint density at radius 3 is 1.82 bits per heavy atom. The average Bonchev–Trinajstić information content (AvgIpc) is 3.73. The third-order valence-corrected chi connectivity index (χ3v) is 10.5. The first kappa shape index (κ1) is 55.0. The largest absolute Gasteiger partial charge is 0.481 e. The first-order valence-corrected chi connectivity index (χ1v) is 21.9. The summed E-state index contributed by atoms with van der Waals surface area (Å²) in [7, 11) is 0. The molecule has 362 valence electrons. The van der Waals surface area contributed by atoms with Crippen molar-refractivity contribution in [3.05, 3.63) is 35.9 Å². The lowest BCUT2D eigenvalue weighted by Crippen LogP contribution is -2.58. The molecule has 1 aromatic rings. The molecule has 0 bridgehead atoms. The molecule has 1 saturated heterocycles. The van der Waals surface area contributed by atoms with Gasteiger partial charge in [-0.1, -0.05) is 58.0 Å². The van der Waals surface area contributed by atoms with Crippen LogP contribution in [0.4, 0.5) is 0 Å². The second kappa shape index (κ2) is 27.9. The highest BCUT2D eigenvalue weighted by atomic mass is 16.4. The van der Waals surface area contributed by atoms with Gasteiger partial charge >= 0.3 is 17.9 Å². The Kier molecular flexibility index (Phi) is 23.6. The van der Waals surface area contributed by atoms with Gasteiger partial charge in [0.25, 0.3) is 0 Å². The molecule has 1 heterocycles. The van der Waals surface area contributed by atoms with E-state index in [1.807, 2.05) is 13.8 Å². The van der Waals surface area contributed by atoms with Crippen molar-refractivity contribution in [3.63, 3.8) is 0 Å². The minimum absolute atomic E-state index is 0.00145. The lowest BCUT2D eigenvalue weighted by Gasteiger charge is -2.28. The number of rotatable bonds is 29. The van der Waals surface area contributed by atoms with Gasteiger partial charge in [-0.25, -0.2) is 4.79 Å². The number of hydrogen-bond acceptors (Lipinski definition) is 12. The molecular formula is C43H67N9O13. The Labute approximate surface area is 378 Å². The maximum Gasteiger partial charge on any atom is 0.326 e. The number of carboxylic acids is 3. The second-order valence-corrected chi connectivity index (χ2v) is 17.0. The molecule has 13 N–H and O–H groups in total. The minimum atomic E-state index is -1.77. The predicted octanol–water partition coefficient (Wildman–Crippen LogP) is -1.27. The molecule has 1 fully saturated rings. The van der Waals surface area contributed by atoms with Crippen LogP contribution in [0.3, 0.4) is 0 Å². The quantitative estimate of drug-likeness (QED) is 0.0418. The summed E-state index contributed by atoms with van der Waals surface area (Å²) in [6, 6.07) is -0.367. The van der Waals surface area contributed by atoms with Crippen LogP contribution in [0.5, 0.6) is 0 Å². The lowest BCUT2D eigenvalue weighted by atomic mass is 10.0. The molecule has 0 spiro atoms. The molecule has 1 aromatic carbocycles. The average molecular weight is 918 g/mol. The fourth-order valence-corrected chi connectivity index (χ4v) is 7.14. The van der Waals surface area contributed by atoms with E-state index in [9.17, 15) is 63.3 Å². The van der Waals surface area contributed by atoms with Gasteiger partial charge < -0.3 is 63.6 Å². The highest BCUT2D eigenvalue weighted by molar-refractivity contribution is 5.98. The van der Waals surface area contributed by atoms with Gasteiger partial charge in [0.15, 0.2) is 0 Å². The monoisotopic (exact) mass is 917 g/mol. The smallest absolute Gasteiger partial charge is 0.326 e. The molecule has 2 rings (SSSR count). The van der Waals surface area contributed by atoms with Crippen LogP contribution < -0.4 is 43.4 Å². The summed E-state index contributed by atoms with van der Waals surface area (Å²) in [4.78, 5) is 130. The number of carbonyl (C=O) groups is 10. The van der Waals surface area contributed by atoms with E-state index in [0.717, 1.165) is 0 Å². The zero-order chi connectivity index (χ0) is 48.8. The highest BCUT2D eigenvalue weighted by Crippen LogP contribution is 2.19. The van der Waals surface area contributed by atoms with Gasteiger partial charge in [0, 0.05) is 19.4 Å². The zero-order valence-corrected chi connectivity index (χ0v) is 37.5. The van der Waals surface area contributed by atoms with Crippen molar-refractivity contribution in [2.75, 3.05) is 19.6 Å². The summed E-state index contributed by atoms with van der Waals surface area (Å²) in [6.45, 7) is 6.87. The SMILES string of the molecule is CC(C)C[C@H](NC(=O)[C@@H](Cc1ccccc1)NC(=O)[C@H](CCCCN)NC(=O)[C@H]1CCCN1C(=O)CNC(=O)[C@H](CC(=O)O)NC(=O)[C@@H](CCC(=O)O)NC(=O)[C@@H](N)CC(C)C)C(=O)O. The van der Waals surface area contributed by atoms with Gasteiger partial charge in [0.2, 0.25) is 41.4 Å². The van der Waals surface area contributed by atoms with Crippen LogP contribution in [-0.4, -0.2) is 141 Å². The van der Waals surface area contributed by atoms with Gasteiger partial charge in [-0.2, -0.15) is 0 Å². The molecule has 1 aliphatic rings. The number of likely N-dealkylation sites (tertiary alicyclic amines) is 1. The molecule has 7 atom stereocenters. The van der Waals surface area contributed by atoms with Crippen molar-refractivity contribution in [1.29, 1.82) is 0 Å². The highest BCUT2D eigenvalue weighted by Gasteiger charge is 2.38. The van der Waals surface area contributed by atoms with Gasteiger partial charge in [-0.3, -0.25) is 43.2 Å². The summed E-state index contributed by atoms with van der Waals surface area (Å²) in [5.41, 5.74) is 12.3. The number of aliphatic carboxylic acids is 3. The normalized spacial score (nSPS) is 16.2. The predicted molar refractivity (Wildman–Crippen MR) is 234 cm³/mol. The number of carboxylic acid groups (broad SMARTS) is 3. The van der Waals surface area contributed by atoms with E-state index >= 15 is 0 Å². The first-order valence-electron chi connectivity index (χ1n) is 21.9. The van der Waals surface area contributed by atoms with Crippen molar-refractivity contribution < 1.29 is 63.3 Å². The van der Waals surface area contributed by atoms with Crippen LogP contribution in [0.15, 0.2) is 30.3 Å². The number of nitrogens with two attached hydrogens (primary N) is 2. The van der Waals surface area contributed by atoms with Gasteiger partial charge in [0.05, 0.1) is 19.0 Å². The van der Waals surface area contributed by atoms with Crippen molar-refractivity contribution in [2.24, 2.45) is 23.3 Å². The van der Waals surface area contributed by atoms with E-state index in [4.69, 9.17) is 11.5 Å². The molecule has 0 saturated carbocycles. The molecule has 0 aromatic heterocycles. The van der Waals surface area contributed by atoms with E-state index in [1.165, 1.54) is 4.90 Å². The van der Waals surface area contributed by atoms with Crippen LogP contribution in [0.25, 0.3) is 0 Å². The minimum Gasteiger partial charge on any atom is -0.481 e. The number of benzene rings is 1. The van der Waals surface area contributed by atoms with Gasteiger partial charge in [-0.15, -0.1) is 0 Å². The number of carbonyl (C=O) groups excluding carboxylic acids is 7. The Bertz CT molecular complexity index is 1810. The molecule has 1 aliphatic heterocycles. The van der Waals surface area contributed by atoms with Gasteiger partial charge in [0.1, 0.15) is 36.3 Å². The third kappa shape index (κ3) is 20.1. The number of nitrogens with one attached hydrogen (secondary N) is 6. The van der Waals surface area contributed by atoms with E-state index in [1.54, 1.807) is 44.2 Å². The zero-order valence-electron chi connectivity index (χ0n) is 37.5. The van der Waals surface area contributed by atoms with E-state index < -0.39 is 127 Å². The Morgan fingerprint density at radius 2 is 1.25 bits per heavy atom. The fourth-order valence-electron chi connectivity index (χ4n) is 7.14. The molecule has 0 radical (unpaired) electrons. The van der Waals surface area contributed by atoms with Crippen molar-refractivity contribution in [2.45, 2.75) is 141 Å². The molecular weight excluding hydrogens is 851 g/mol. The second-order valence-electron chi connectivity index (χ2n) is 17.0. The number of hydrogen-bond donors (Lipinski definition) is 11. The maximum absolute atomic E-state index is 13.9. The molecule has 22 heteroatoms. The first-order chi connectivity index (χ1) is 30.6. The maximum atomic E-state index is 13.9. The van der Waals surface area contributed by atoms with E-state index in [-0.39, 0.29) is 57.0 Å². The summed E-state index contributed by atoms with van der Waals surface area (Å²) in [5.74, 6) is -9.96. The molecule has 0 aliphatic carbocycles. The van der Waals surface area contributed by atoms with Crippen molar-refractivity contribution in [3.8, 4) is 0 Å². The standard InChI is InChI=1S/C43H67N9O13/c1-24(2)19-27(45)37(58)47-29(15-16-35(54)55)40(61)50-31(22-36(56)57)38(59)46-23-34(53)52-18-10-14-33(52)42(63)48-28(13-8-9-17-44)39(60)49-30(21-26-11-6-5-7-12-26)41(62)51-32(43(64)65)20-25(3)4/h5-7,11-12,24-25,27-33H,8-10,13-23,44-45H2,1-4H3,(H,46,59)(H,47,58)(H,48,63)(H,49,60)(H,50,61)(H,51,62)(H,54,55)(H,56,57)(H,64,65)/t27-,28-,29+,30+,31-,32-,33+/m0/s1. The number of unbranched alkanes of at least 4 members (excludes halogenated alkanes) is 1. The summed E-state index contributed by atoms with van der Waals surface area (Å²) < 4.78 is 0. The molecule has 22 nitrogen and oxygen atoms in total. The topological polar surface area (TPSA) is 359 Å². The lowest BCUT2D eigenvalue weighted by molar-refractivity contribution is -0.143. The van der Waals surface area contributed by atoms with Crippen molar-refractivity contribution in [1.82, 2.24) is 36.8 Å². The van der Waals surface area contributed by atoms with Crippen LogP contribution in [0, 0.1) is 11.8 Å². The Morgan fingerprint density at radius 1 is 0.677 bits per heavy atom. The van der Waals surface area contributed by atoms with Crippen LogP contribution in [0.1, 0.15) is 97.5 Å². The molecule has 7 amide bonds. The van der Waals surface area contributed by atoms with Crippen LogP contribution in [0.2, 0.25) is 0 Å². The summed E-state index contributed by atoms with van der Waals surface area (Å²) in [5, 5.41) is 43.3. The van der Waals surface area contributed by atoms with Gasteiger partial charge in [-0.05, 0) is 75.3 Å². The summed E-state index contributed by atoms with van der Waals surface area (Å²) in [6.07, 6.45) is -0.0277.